The Morgan fingerprint density at radius 2 is 1.28 bits per heavy atom. The maximum Gasteiger partial charge on any atom is 0.326 e. The van der Waals surface area contributed by atoms with E-state index in [-0.39, 0.29) is 32.3 Å². The molecule has 2 atom stereocenters. The van der Waals surface area contributed by atoms with Crippen LogP contribution in [0, 0.1) is 0 Å². The van der Waals surface area contributed by atoms with Gasteiger partial charge in [-0.05, 0) is 19.3 Å². The van der Waals surface area contributed by atoms with Gasteiger partial charge in [-0.25, -0.2) is 4.79 Å². The molecule has 0 fully saturated rings. The van der Waals surface area contributed by atoms with E-state index in [1.165, 1.54) is 0 Å². The lowest BCUT2D eigenvalue weighted by atomic mass is 10.1. The van der Waals surface area contributed by atoms with Crippen molar-refractivity contribution < 1.29 is 44.4 Å². The Balaban J connectivity index is 4.90. The van der Waals surface area contributed by atoms with Crippen LogP contribution in [0.5, 0.6) is 0 Å². The molecule has 0 spiro atoms. The lowest BCUT2D eigenvalue weighted by Crippen LogP contribution is -2.51. The molecule has 0 aromatic heterocycles. The second-order valence-corrected chi connectivity index (χ2v) is 5.21. The van der Waals surface area contributed by atoms with Crippen molar-refractivity contribution in [3.63, 3.8) is 0 Å². The fraction of sp³-hybridized carbons (Fsp3) is 0.643. The minimum atomic E-state index is -1.48. The lowest BCUT2D eigenvalue weighted by Gasteiger charge is -2.21. The van der Waals surface area contributed by atoms with Crippen LogP contribution >= 0.6 is 0 Å². The van der Waals surface area contributed by atoms with Crippen LogP contribution in [0.1, 0.15) is 38.5 Å². The number of nitrogens with one attached hydrogen (secondary N) is 2. The van der Waals surface area contributed by atoms with Crippen molar-refractivity contribution in [2.45, 2.75) is 50.6 Å². The molecule has 0 radical (unpaired) electrons. The fourth-order valence-corrected chi connectivity index (χ4v) is 1.84. The molecule has 11 nitrogen and oxygen atoms in total. The third kappa shape index (κ3) is 10.7. The molecule has 25 heavy (non-hydrogen) atoms. The molecule has 0 rings (SSSR count). The highest BCUT2D eigenvalue weighted by molar-refractivity contribution is 5.90. The number of carboxylic acid groups (broad SMARTS) is 3. The summed E-state index contributed by atoms with van der Waals surface area (Å²) in [6.45, 7) is -0.240. The van der Waals surface area contributed by atoms with Gasteiger partial charge in [0.1, 0.15) is 12.1 Å². The number of carbonyl (C=O) groups excluding carboxylic acids is 2. The maximum atomic E-state index is 12.1. The summed E-state index contributed by atoms with van der Waals surface area (Å²) in [5, 5.41) is 39.3. The molecule has 0 aliphatic carbocycles. The predicted molar refractivity (Wildman–Crippen MR) is 81.6 cm³/mol. The minimum absolute atomic E-state index is 0.0886. The first-order valence-corrected chi connectivity index (χ1v) is 7.54. The molecule has 0 saturated carbocycles. The van der Waals surface area contributed by atoms with Crippen molar-refractivity contribution in [3.05, 3.63) is 0 Å². The monoisotopic (exact) mass is 362 g/mol. The number of aliphatic hydroxyl groups excluding tert-OH is 1. The number of hydrogen-bond acceptors (Lipinski definition) is 6. The standard InChI is InChI=1S/C14H22N2O9/c17-7-1-2-10(18)15-8(3-5-11(19)20)13(23)16-9(14(24)25)4-6-12(21)22/h8-9,17H,1-7H2,(H,15,18)(H,16,23)(H,19,20)(H,21,22)(H,24,25)/t8-,9-/m0/s1. The molecule has 6 N–H and O–H groups in total. The van der Waals surface area contributed by atoms with Gasteiger partial charge in [0.05, 0.1) is 0 Å². The molecule has 0 heterocycles. The molecule has 142 valence electrons. The predicted octanol–water partition coefficient (Wildman–Crippen LogP) is -1.46. The van der Waals surface area contributed by atoms with E-state index in [1.54, 1.807) is 0 Å². The third-order valence-electron chi connectivity index (χ3n) is 3.12. The van der Waals surface area contributed by atoms with E-state index in [4.69, 9.17) is 20.4 Å². The van der Waals surface area contributed by atoms with Crippen LogP contribution < -0.4 is 10.6 Å². The second kappa shape index (κ2) is 11.8. The maximum absolute atomic E-state index is 12.1. The van der Waals surface area contributed by atoms with Crippen LogP contribution in [-0.2, 0) is 24.0 Å². The molecule has 2 amide bonds. The topological polar surface area (TPSA) is 190 Å². The summed E-state index contributed by atoms with van der Waals surface area (Å²) in [6.07, 6.45) is -1.49. The highest BCUT2D eigenvalue weighted by Crippen LogP contribution is 2.04. The number of aliphatic hydroxyl groups is 1. The molecular formula is C14H22N2O9. The van der Waals surface area contributed by atoms with Crippen molar-refractivity contribution in [1.82, 2.24) is 10.6 Å². The van der Waals surface area contributed by atoms with E-state index >= 15 is 0 Å². The van der Waals surface area contributed by atoms with Gasteiger partial charge in [0.15, 0.2) is 0 Å². The molecule has 0 aliphatic rings. The van der Waals surface area contributed by atoms with Crippen molar-refractivity contribution in [2.24, 2.45) is 0 Å². The third-order valence-corrected chi connectivity index (χ3v) is 3.12. The van der Waals surface area contributed by atoms with Gasteiger partial charge in [-0.3, -0.25) is 19.2 Å². The van der Waals surface area contributed by atoms with E-state index in [1.807, 2.05) is 0 Å². The summed E-state index contributed by atoms with van der Waals surface area (Å²) in [4.78, 5) is 56.1. The second-order valence-electron chi connectivity index (χ2n) is 5.21. The molecular weight excluding hydrogens is 340 g/mol. The largest absolute Gasteiger partial charge is 0.481 e. The van der Waals surface area contributed by atoms with Gasteiger partial charge in [0.2, 0.25) is 11.8 Å². The van der Waals surface area contributed by atoms with Gasteiger partial charge in [-0.2, -0.15) is 0 Å². The number of carboxylic acids is 3. The van der Waals surface area contributed by atoms with Crippen LogP contribution in [0.2, 0.25) is 0 Å². The zero-order chi connectivity index (χ0) is 19.4. The Morgan fingerprint density at radius 1 is 0.760 bits per heavy atom. The summed E-state index contributed by atoms with van der Waals surface area (Å²) < 4.78 is 0. The lowest BCUT2D eigenvalue weighted by molar-refractivity contribution is -0.144. The summed E-state index contributed by atoms with van der Waals surface area (Å²) in [7, 11) is 0. The fourth-order valence-electron chi connectivity index (χ4n) is 1.84. The molecule has 0 aromatic carbocycles. The Bertz CT molecular complexity index is 507. The van der Waals surface area contributed by atoms with Gasteiger partial charge in [0, 0.05) is 25.9 Å². The first kappa shape index (κ1) is 22.3. The number of amides is 2. The quantitative estimate of drug-likeness (QED) is 0.227. The smallest absolute Gasteiger partial charge is 0.326 e. The molecule has 0 aromatic rings. The Hall–Kier alpha value is -2.69. The molecule has 0 bridgehead atoms. The van der Waals surface area contributed by atoms with Crippen LogP contribution in [0.25, 0.3) is 0 Å². The van der Waals surface area contributed by atoms with Gasteiger partial charge in [-0.15, -0.1) is 0 Å². The van der Waals surface area contributed by atoms with E-state index in [0.29, 0.717) is 0 Å². The van der Waals surface area contributed by atoms with Crippen molar-refractivity contribution >= 4 is 29.7 Å². The highest BCUT2D eigenvalue weighted by atomic mass is 16.4. The molecule has 0 saturated heterocycles. The number of hydrogen-bond donors (Lipinski definition) is 6. The minimum Gasteiger partial charge on any atom is -0.481 e. The van der Waals surface area contributed by atoms with Crippen LogP contribution in [0.15, 0.2) is 0 Å². The van der Waals surface area contributed by atoms with Crippen LogP contribution in [0.3, 0.4) is 0 Å². The zero-order valence-corrected chi connectivity index (χ0v) is 13.4. The summed E-state index contributed by atoms with van der Waals surface area (Å²) >= 11 is 0. The van der Waals surface area contributed by atoms with Crippen LogP contribution in [0.4, 0.5) is 0 Å². The van der Waals surface area contributed by atoms with E-state index in [0.717, 1.165) is 0 Å². The van der Waals surface area contributed by atoms with Gasteiger partial charge < -0.3 is 31.1 Å². The first-order valence-electron chi connectivity index (χ1n) is 7.54. The Labute approximate surface area is 143 Å². The summed E-state index contributed by atoms with van der Waals surface area (Å²) in [5.41, 5.74) is 0. The molecule has 0 aliphatic heterocycles. The first-order chi connectivity index (χ1) is 11.7. The molecule has 11 heteroatoms. The van der Waals surface area contributed by atoms with Gasteiger partial charge in [0.25, 0.3) is 0 Å². The van der Waals surface area contributed by atoms with Crippen molar-refractivity contribution in [1.29, 1.82) is 0 Å². The van der Waals surface area contributed by atoms with Crippen LogP contribution in [-0.4, -0.2) is 68.8 Å². The Kier molecular flexibility index (Phi) is 10.5. The number of carbonyl (C=O) groups is 5. The van der Waals surface area contributed by atoms with Crippen molar-refractivity contribution in [2.75, 3.05) is 6.61 Å². The van der Waals surface area contributed by atoms with Gasteiger partial charge >= 0.3 is 17.9 Å². The average Bonchev–Trinajstić information content (AvgIpc) is 2.52. The number of rotatable bonds is 13. The molecule has 0 unspecified atom stereocenters. The zero-order valence-electron chi connectivity index (χ0n) is 13.4. The summed E-state index contributed by atoms with van der Waals surface area (Å²) in [6, 6.07) is -2.76. The van der Waals surface area contributed by atoms with Gasteiger partial charge in [-0.1, -0.05) is 0 Å². The van der Waals surface area contributed by atoms with E-state index in [9.17, 15) is 24.0 Å². The van der Waals surface area contributed by atoms with E-state index in [2.05, 4.69) is 10.6 Å². The SMILES string of the molecule is O=C(O)CC[C@H](NC(=O)[C@H](CCC(=O)O)NC(=O)CCCO)C(=O)O. The normalized spacial score (nSPS) is 12.7. The van der Waals surface area contributed by atoms with Crippen molar-refractivity contribution in [3.8, 4) is 0 Å². The average molecular weight is 362 g/mol. The number of aliphatic carboxylic acids is 3. The van der Waals surface area contributed by atoms with E-state index < -0.39 is 54.6 Å². The Morgan fingerprint density at radius 3 is 1.72 bits per heavy atom. The summed E-state index contributed by atoms with van der Waals surface area (Å²) in [5.74, 6) is -5.41. The highest BCUT2D eigenvalue weighted by Gasteiger charge is 2.27.